The quantitative estimate of drug-likeness (QED) is 0.862. The Morgan fingerprint density at radius 3 is 2.80 bits per heavy atom. The van der Waals surface area contributed by atoms with E-state index in [0.29, 0.717) is 19.5 Å². The Morgan fingerprint density at radius 2 is 2.15 bits per heavy atom. The molecule has 2 aromatic rings. The van der Waals surface area contributed by atoms with Crippen LogP contribution in [0.3, 0.4) is 0 Å². The number of carboxylic acid groups (broad SMARTS) is 1. The van der Waals surface area contributed by atoms with Crippen molar-refractivity contribution in [1.82, 2.24) is 9.88 Å². The molecular weight excluding hydrogens is 292 g/mol. The number of aromatic nitrogens is 1. The van der Waals surface area contributed by atoms with Crippen LogP contribution in [0.15, 0.2) is 29.2 Å². The van der Waals surface area contributed by atoms with Crippen LogP contribution in [0.25, 0.3) is 10.6 Å². The minimum Gasteiger partial charge on any atom is -0.465 e. The number of carbonyl (C=O) groups is 1. The Kier molecular flexibility index (Phi) is 3.67. The highest BCUT2D eigenvalue weighted by Gasteiger charge is 2.23. The van der Waals surface area contributed by atoms with E-state index in [4.69, 9.17) is 5.11 Å². The van der Waals surface area contributed by atoms with Crippen LogP contribution in [0.1, 0.15) is 10.6 Å². The van der Waals surface area contributed by atoms with E-state index in [1.165, 1.54) is 9.80 Å². The maximum atomic E-state index is 11.0. The Hall–Kier alpha value is -1.53. The summed E-state index contributed by atoms with van der Waals surface area (Å²) < 4.78 is 0. The molecule has 1 amide bonds. The molecule has 0 spiro atoms. The summed E-state index contributed by atoms with van der Waals surface area (Å²) in [6.07, 6.45) is 1.91. The van der Waals surface area contributed by atoms with Gasteiger partial charge in [0.2, 0.25) is 0 Å². The number of nitrogens with zero attached hydrogens (tertiary/aromatic N) is 2. The molecule has 3 rings (SSSR count). The van der Waals surface area contributed by atoms with Crippen molar-refractivity contribution in [3.05, 3.63) is 34.8 Å². The van der Waals surface area contributed by atoms with Gasteiger partial charge >= 0.3 is 6.09 Å². The number of thioether (sulfide) groups is 1. The molecule has 4 nitrogen and oxygen atoms in total. The standard InChI is InChI=1S/C14H14N2O2S2/c1-19-10-4-2-9(3-5-10)13-15-11-6-7-16(14(17)18)8-12(11)20-13/h2-5H,6-8H2,1H3,(H,17,18). The molecule has 6 heteroatoms. The van der Waals surface area contributed by atoms with E-state index in [9.17, 15) is 4.79 Å². The smallest absolute Gasteiger partial charge is 0.407 e. The first-order valence-electron chi connectivity index (χ1n) is 6.28. The fraction of sp³-hybridized carbons (Fsp3) is 0.286. The van der Waals surface area contributed by atoms with E-state index < -0.39 is 6.09 Å². The highest BCUT2D eigenvalue weighted by molar-refractivity contribution is 7.98. The van der Waals surface area contributed by atoms with Gasteiger partial charge in [-0.2, -0.15) is 0 Å². The fourth-order valence-corrected chi connectivity index (χ4v) is 3.75. The zero-order valence-corrected chi connectivity index (χ0v) is 12.6. The van der Waals surface area contributed by atoms with Crippen LogP contribution in [0.4, 0.5) is 4.79 Å². The van der Waals surface area contributed by atoms with Gasteiger partial charge in [-0.05, 0) is 18.4 Å². The number of benzene rings is 1. The van der Waals surface area contributed by atoms with Crippen LogP contribution in [0.2, 0.25) is 0 Å². The van der Waals surface area contributed by atoms with E-state index in [0.717, 1.165) is 21.1 Å². The van der Waals surface area contributed by atoms with Crippen LogP contribution >= 0.6 is 23.1 Å². The lowest BCUT2D eigenvalue weighted by atomic mass is 10.2. The van der Waals surface area contributed by atoms with E-state index in [-0.39, 0.29) is 0 Å². The molecule has 0 radical (unpaired) electrons. The fourth-order valence-electron chi connectivity index (χ4n) is 2.22. The predicted octanol–water partition coefficient (Wildman–Crippen LogP) is 3.57. The molecular formula is C14H14N2O2S2. The van der Waals surface area contributed by atoms with Gasteiger partial charge in [0.1, 0.15) is 5.01 Å². The van der Waals surface area contributed by atoms with Gasteiger partial charge in [0.25, 0.3) is 0 Å². The van der Waals surface area contributed by atoms with Gasteiger partial charge in [-0.3, -0.25) is 0 Å². The maximum Gasteiger partial charge on any atom is 0.407 e. The molecule has 2 heterocycles. The summed E-state index contributed by atoms with van der Waals surface area (Å²) in [5, 5.41) is 10.0. The molecule has 104 valence electrons. The normalized spacial score (nSPS) is 14.2. The molecule has 1 N–H and O–H groups in total. The average molecular weight is 306 g/mol. The van der Waals surface area contributed by atoms with Gasteiger partial charge in [-0.25, -0.2) is 9.78 Å². The van der Waals surface area contributed by atoms with E-state index >= 15 is 0 Å². The third kappa shape index (κ3) is 2.53. The third-order valence-electron chi connectivity index (χ3n) is 3.34. The minimum absolute atomic E-state index is 0.464. The summed E-state index contributed by atoms with van der Waals surface area (Å²) >= 11 is 3.31. The summed E-state index contributed by atoms with van der Waals surface area (Å²) in [5.41, 5.74) is 2.15. The van der Waals surface area contributed by atoms with E-state index in [2.05, 4.69) is 35.5 Å². The number of hydrogen-bond donors (Lipinski definition) is 1. The summed E-state index contributed by atoms with van der Waals surface area (Å²) in [6, 6.07) is 8.32. The van der Waals surface area contributed by atoms with Crippen molar-refractivity contribution in [3.8, 4) is 10.6 Å². The van der Waals surface area contributed by atoms with Crippen molar-refractivity contribution in [1.29, 1.82) is 0 Å². The predicted molar refractivity (Wildman–Crippen MR) is 81.5 cm³/mol. The number of fused-ring (bicyclic) bond motifs is 1. The molecule has 1 aliphatic rings. The second-order valence-corrected chi connectivity index (χ2v) is 6.53. The lowest BCUT2D eigenvalue weighted by Gasteiger charge is -2.22. The molecule has 0 fully saturated rings. The Balaban J connectivity index is 1.87. The van der Waals surface area contributed by atoms with Crippen molar-refractivity contribution < 1.29 is 9.90 Å². The topological polar surface area (TPSA) is 53.4 Å². The highest BCUT2D eigenvalue weighted by atomic mass is 32.2. The molecule has 20 heavy (non-hydrogen) atoms. The monoisotopic (exact) mass is 306 g/mol. The van der Waals surface area contributed by atoms with Gasteiger partial charge in [0.15, 0.2) is 0 Å². The first-order chi connectivity index (χ1) is 9.67. The second-order valence-electron chi connectivity index (χ2n) is 4.57. The summed E-state index contributed by atoms with van der Waals surface area (Å²) in [4.78, 5) is 19.4. The van der Waals surface area contributed by atoms with Crippen molar-refractivity contribution in [2.45, 2.75) is 17.9 Å². The van der Waals surface area contributed by atoms with Gasteiger partial charge in [-0.15, -0.1) is 23.1 Å². The molecule has 0 saturated heterocycles. The minimum atomic E-state index is -0.852. The lowest BCUT2D eigenvalue weighted by molar-refractivity contribution is 0.140. The molecule has 0 bridgehead atoms. The molecule has 0 saturated carbocycles. The molecule has 0 unspecified atom stereocenters. The van der Waals surface area contributed by atoms with Gasteiger partial charge in [-0.1, -0.05) is 12.1 Å². The van der Waals surface area contributed by atoms with Crippen LogP contribution in [0, 0.1) is 0 Å². The largest absolute Gasteiger partial charge is 0.465 e. The van der Waals surface area contributed by atoms with Gasteiger partial charge in [0, 0.05) is 28.3 Å². The molecule has 1 aliphatic heterocycles. The van der Waals surface area contributed by atoms with Crippen molar-refractivity contribution in [2.24, 2.45) is 0 Å². The third-order valence-corrected chi connectivity index (χ3v) is 5.21. The van der Waals surface area contributed by atoms with E-state index in [1.807, 2.05) is 0 Å². The molecule has 0 atom stereocenters. The summed E-state index contributed by atoms with van der Waals surface area (Å²) in [5.74, 6) is 0. The Labute approximate surface area is 125 Å². The average Bonchev–Trinajstić information content (AvgIpc) is 2.90. The Morgan fingerprint density at radius 1 is 1.40 bits per heavy atom. The van der Waals surface area contributed by atoms with Crippen LogP contribution in [-0.2, 0) is 13.0 Å². The first-order valence-corrected chi connectivity index (χ1v) is 8.32. The number of rotatable bonds is 2. The van der Waals surface area contributed by atoms with Crippen molar-refractivity contribution in [2.75, 3.05) is 12.8 Å². The van der Waals surface area contributed by atoms with Crippen LogP contribution < -0.4 is 0 Å². The maximum absolute atomic E-state index is 11.0. The van der Waals surface area contributed by atoms with Gasteiger partial charge in [0.05, 0.1) is 12.2 Å². The van der Waals surface area contributed by atoms with Gasteiger partial charge < -0.3 is 10.0 Å². The van der Waals surface area contributed by atoms with Crippen LogP contribution in [0.5, 0.6) is 0 Å². The summed E-state index contributed by atoms with van der Waals surface area (Å²) in [7, 11) is 0. The molecule has 1 aromatic carbocycles. The Bertz CT molecular complexity index is 637. The first kappa shape index (κ1) is 13.5. The second kappa shape index (κ2) is 5.46. The number of thiazole rings is 1. The zero-order chi connectivity index (χ0) is 14.1. The molecule has 0 aliphatic carbocycles. The van der Waals surface area contributed by atoms with Crippen molar-refractivity contribution in [3.63, 3.8) is 0 Å². The summed E-state index contributed by atoms with van der Waals surface area (Å²) in [6.45, 7) is 1.00. The van der Waals surface area contributed by atoms with Crippen LogP contribution in [-0.4, -0.2) is 33.9 Å². The highest BCUT2D eigenvalue weighted by Crippen LogP contribution is 2.32. The van der Waals surface area contributed by atoms with Crippen molar-refractivity contribution >= 4 is 29.2 Å². The lowest BCUT2D eigenvalue weighted by Crippen LogP contribution is -2.34. The SMILES string of the molecule is CSc1ccc(-c2nc3c(s2)CN(C(=O)O)CC3)cc1. The van der Waals surface area contributed by atoms with E-state index in [1.54, 1.807) is 23.1 Å². The molecule has 1 aromatic heterocycles. The number of amides is 1. The zero-order valence-electron chi connectivity index (χ0n) is 11.0. The number of hydrogen-bond acceptors (Lipinski definition) is 4.